The van der Waals surface area contributed by atoms with Crippen LogP contribution in [0.15, 0.2) is 72.1 Å². The van der Waals surface area contributed by atoms with Gasteiger partial charge in [0.15, 0.2) is 0 Å². The molecule has 1 aromatic heterocycles. The van der Waals surface area contributed by atoms with E-state index < -0.39 is 0 Å². The number of benzene rings is 2. The molecule has 27 heavy (non-hydrogen) atoms. The molecule has 2 aromatic carbocycles. The van der Waals surface area contributed by atoms with E-state index in [2.05, 4.69) is 11.1 Å². The lowest BCUT2D eigenvalue weighted by Crippen LogP contribution is -2.33. The summed E-state index contributed by atoms with van der Waals surface area (Å²) >= 11 is 0. The van der Waals surface area contributed by atoms with E-state index in [0.717, 1.165) is 33.7 Å². The van der Waals surface area contributed by atoms with Gasteiger partial charge in [0.1, 0.15) is 11.5 Å². The van der Waals surface area contributed by atoms with Crippen LogP contribution in [0.5, 0.6) is 11.5 Å². The van der Waals surface area contributed by atoms with Crippen molar-refractivity contribution in [3.8, 4) is 11.5 Å². The van der Waals surface area contributed by atoms with Crippen molar-refractivity contribution in [3.05, 3.63) is 89.2 Å². The molecule has 5 nitrogen and oxygen atoms in total. The molecule has 1 N–H and O–H groups in total. The van der Waals surface area contributed by atoms with Crippen molar-refractivity contribution < 1.29 is 9.84 Å². The first-order valence-electron chi connectivity index (χ1n) is 9.02. The number of rotatable bonds is 2. The number of phenolic OH excluding ortho intramolecular Hbond substituents is 1. The van der Waals surface area contributed by atoms with Crippen molar-refractivity contribution in [1.82, 2.24) is 9.99 Å². The summed E-state index contributed by atoms with van der Waals surface area (Å²) in [5, 5.41) is 17.2. The SMILES string of the molecule is Cc1ccc(O)c(C2=NN3[C@@H](c4cccnc4)Oc4ccccc4[C@@H]3C2)c1. The minimum absolute atomic E-state index is 0.0649. The number of ether oxygens (including phenoxy) is 1. The molecule has 0 saturated heterocycles. The summed E-state index contributed by atoms with van der Waals surface area (Å²) in [6.45, 7) is 2.02. The predicted octanol–water partition coefficient (Wildman–Crippen LogP) is 4.34. The maximum Gasteiger partial charge on any atom is 0.215 e. The van der Waals surface area contributed by atoms with Gasteiger partial charge in [0, 0.05) is 35.5 Å². The molecule has 3 aromatic rings. The Morgan fingerprint density at radius 2 is 2.00 bits per heavy atom. The number of phenols is 1. The third-order valence-corrected chi connectivity index (χ3v) is 5.13. The fourth-order valence-corrected chi connectivity index (χ4v) is 3.82. The van der Waals surface area contributed by atoms with Gasteiger partial charge in [-0.2, -0.15) is 5.10 Å². The smallest absolute Gasteiger partial charge is 0.215 e. The highest BCUT2D eigenvalue weighted by Crippen LogP contribution is 2.47. The number of pyridine rings is 1. The first-order valence-corrected chi connectivity index (χ1v) is 9.02. The Labute approximate surface area is 157 Å². The molecule has 5 rings (SSSR count). The van der Waals surface area contributed by atoms with E-state index in [9.17, 15) is 5.11 Å². The monoisotopic (exact) mass is 357 g/mol. The minimum Gasteiger partial charge on any atom is -0.507 e. The van der Waals surface area contributed by atoms with Crippen molar-refractivity contribution in [1.29, 1.82) is 0 Å². The van der Waals surface area contributed by atoms with E-state index in [0.29, 0.717) is 6.42 Å². The number of hydrogen-bond acceptors (Lipinski definition) is 5. The second-order valence-corrected chi connectivity index (χ2v) is 6.96. The Hall–Kier alpha value is -3.34. The summed E-state index contributed by atoms with van der Waals surface area (Å²) in [4.78, 5) is 4.24. The molecule has 5 heteroatoms. The van der Waals surface area contributed by atoms with Crippen LogP contribution >= 0.6 is 0 Å². The summed E-state index contributed by atoms with van der Waals surface area (Å²) in [5.74, 6) is 1.13. The second kappa shape index (κ2) is 6.13. The zero-order chi connectivity index (χ0) is 18.4. The summed E-state index contributed by atoms with van der Waals surface area (Å²) in [6.07, 6.45) is 3.94. The van der Waals surface area contributed by atoms with Crippen molar-refractivity contribution in [2.45, 2.75) is 25.6 Å². The first kappa shape index (κ1) is 15.9. The third-order valence-electron chi connectivity index (χ3n) is 5.13. The zero-order valence-corrected chi connectivity index (χ0v) is 14.9. The van der Waals surface area contributed by atoms with Crippen LogP contribution in [-0.4, -0.2) is 20.8 Å². The number of para-hydroxylation sites is 1. The van der Waals surface area contributed by atoms with Crippen LogP contribution in [0.1, 0.15) is 40.9 Å². The molecule has 0 unspecified atom stereocenters. The minimum atomic E-state index is -0.344. The quantitative estimate of drug-likeness (QED) is 0.741. The molecule has 0 saturated carbocycles. The van der Waals surface area contributed by atoms with E-state index >= 15 is 0 Å². The van der Waals surface area contributed by atoms with E-state index in [1.54, 1.807) is 12.3 Å². The molecule has 134 valence electrons. The van der Waals surface area contributed by atoms with Gasteiger partial charge in [0.2, 0.25) is 6.23 Å². The molecule has 0 radical (unpaired) electrons. The van der Waals surface area contributed by atoms with E-state index in [-0.39, 0.29) is 18.0 Å². The van der Waals surface area contributed by atoms with Crippen LogP contribution in [-0.2, 0) is 0 Å². The Balaban J connectivity index is 1.62. The second-order valence-electron chi connectivity index (χ2n) is 6.96. The van der Waals surface area contributed by atoms with Crippen LogP contribution in [0.4, 0.5) is 0 Å². The summed E-state index contributed by atoms with van der Waals surface area (Å²) in [6, 6.07) is 17.7. The normalized spacial score (nSPS) is 20.5. The molecule has 3 heterocycles. The molecule has 0 amide bonds. The molecular formula is C22H19N3O2. The number of aromatic nitrogens is 1. The first-order chi connectivity index (χ1) is 13.2. The number of hydrogen-bond donors (Lipinski definition) is 1. The number of nitrogens with zero attached hydrogens (tertiary/aromatic N) is 3. The fraction of sp³-hybridized carbons (Fsp3) is 0.182. The van der Waals surface area contributed by atoms with Crippen molar-refractivity contribution in [3.63, 3.8) is 0 Å². The highest BCUT2D eigenvalue weighted by Gasteiger charge is 2.41. The maximum absolute atomic E-state index is 10.4. The van der Waals surface area contributed by atoms with Gasteiger partial charge in [-0.3, -0.25) is 4.98 Å². The summed E-state index contributed by atoms with van der Waals surface area (Å²) < 4.78 is 6.29. The van der Waals surface area contributed by atoms with Crippen LogP contribution < -0.4 is 4.74 Å². The highest BCUT2D eigenvalue weighted by molar-refractivity contribution is 6.04. The zero-order valence-electron chi connectivity index (χ0n) is 14.9. The van der Waals surface area contributed by atoms with Gasteiger partial charge in [-0.1, -0.05) is 35.9 Å². The lowest BCUT2D eigenvalue weighted by atomic mass is 9.95. The van der Waals surface area contributed by atoms with Crippen LogP contribution in [0.2, 0.25) is 0 Å². The van der Waals surface area contributed by atoms with Gasteiger partial charge in [0.05, 0.1) is 11.8 Å². The lowest BCUT2D eigenvalue weighted by Gasteiger charge is -2.38. The molecular weight excluding hydrogens is 338 g/mol. The number of aryl methyl sites for hydroxylation is 1. The predicted molar refractivity (Wildman–Crippen MR) is 103 cm³/mol. The van der Waals surface area contributed by atoms with E-state index in [1.807, 2.05) is 60.6 Å². The van der Waals surface area contributed by atoms with Gasteiger partial charge in [-0.25, -0.2) is 5.01 Å². The molecule has 2 atom stereocenters. The third kappa shape index (κ3) is 2.63. The molecule has 0 aliphatic carbocycles. The molecule has 0 spiro atoms. The van der Waals surface area contributed by atoms with Crippen molar-refractivity contribution >= 4 is 5.71 Å². The Bertz CT molecular complexity index is 1030. The molecule has 2 aliphatic heterocycles. The summed E-state index contributed by atoms with van der Waals surface area (Å²) in [5.41, 5.74) is 4.82. The largest absolute Gasteiger partial charge is 0.507 e. The van der Waals surface area contributed by atoms with Gasteiger partial charge in [-0.15, -0.1) is 0 Å². The number of aromatic hydroxyl groups is 1. The van der Waals surface area contributed by atoms with Gasteiger partial charge in [-0.05, 0) is 31.2 Å². The van der Waals surface area contributed by atoms with Gasteiger partial charge in [0.25, 0.3) is 0 Å². The van der Waals surface area contributed by atoms with Crippen molar-refractivity contribution in [2.24, 2.45) is 5.10 Å². The Kier molecular flexibility index (Phi) is 3.60. The standard InChI is InChI=1S/C22H19N3O2/c1-14-8-9-20(26)17(11-14)18-12-19-16-6-2-3-7-21(16)27-22(25(19)24-18)15-5-4-10-23-13-15/h2-11,13,19,22,26H,12H2,1H3/t19-,22+/m0/s1. The number of fused-ring (bicyclic) bond motifs is 3. The average molecular weight is 357 g/mol. The molecule has 0 fully saturated rings. The van der Waals surface area contributed by atoms with Crippen LogP contribution in [0.3, 0.4) is 0 Å². The highest BCUT2D eigenvalue weighted by atomic mass is 16.5. The Morgan fingerprint density at radius 3 is 2.85 bits per heavy atom. The van der Waals surface area contributed by atoms with Crippen LogP contribution in [0.25, 0.3) is 0 Å². The van der Waals surface area contributed by atoms with Crippen LogP contribution in [0, 0.1) is 6.92 Å². The Morgan fingerprint density at radius 1 is 1.11 bits per heavy atom. The van der Waals surface area contributed by atoms with Gasteiger partial charge < -0.3 is 9.84 Å². The van der Waals surface area contributed by atoms with Crippen molar-refractivity contribution in [2.75, 3.05) is 0 Å². The van der Waals surface area contributed by atoms with E-state index in [4.69, 9.17) is 9.84 Å². The average Bonchev–Trinajstić information content (AvgIpc) is 3.15. The van der Waals surface area contributed by atoms with E-state index in [1.165, 1.54) is 0 Å². The maximum atomic E-state index is 10.4. The molecule has 2 aliphatic rings. The fourth-order valence-electron chi connectivity index (χ4n) is 3.82. The molecule has 0 bridgehead atoms. The van der Waals surface area contributed by atoms with Gasteiger partial charge >= 0.3 is 0 Å². The summed E-state index contributed by atoms with van der Waals surface area (Å²) in [7, 11) is 0. The number of hydrazone groups is 1. The lowest BCUT2D eigenvalue weighted by molar-refractivity contribution is -0.0192. The topological polar surface area (TPSA) is 58.0 Å².